The zero-order valence-electron chi connectivity index (χ0n) is 9.39. The number of ether oxygens (including phenoxy) is 1. The summed E-state index contributed by atoms with van der Waals surface area (Å²) in [5, 5.41) is 9.00. The average molecular weight is 227 g/mol. The lowest BCUT2D eigenvalue weighted by Crippen LogP contribution is -2.46. The number of carbonyl (C=O) groups excluding carboxylic acids is 1. The Hall–Kier alpha value is -1.36. The number of rotatable bonds is 5. The molecule has 0 spiro atoms. The fourth-order valence-corrected chi connectivity index (χ4v) is 1.92. The van der Waals surface area contributed by atoms with E-state index in [0.717, 1.165) is 0 Å². The second-order valence-corrected chi connectivity index (χ2v) is 3.72. The van der Waals surface area contributed by atoms with Gasteiger partial charge in [-0.05, 0) is 6.92 Å². The number of hydrogen-bond donors (Lipinski definition) is 1. The van der Waals surface area contributed by atoms with Crippen molar-refractivity contribution in [3.63, 3.8) is 0 Å². The highest BCUT2D eigenvalue weighted by molar-refractivity contribution is 5.79. The van der Waals surface area contributed by atoms with Crippen LogP contribution >= 0.6 is 0 Å². The van der Waals surface area contributed by atoms with Crippen LogP contribution in [-0.2, 0) is 14.3 Å². The second kappa shape index (κ2) is 5.65. The Morgan fingerprint density at radius 3 is 2.75 bits per heavy atom. The maximum absolute atomic E-state index is 11.7. The van der Waals surface area contributed by atoms with Crippen molar-refractivity contribution < 1.29 is 19.4 Å². The van der Waals surface area contributed by atoms with Gasteiger partial charge in [-0.3, -0.25) is 9.59 Å². The van der Waals surface area contributed by atoms with Crippen LogP contribution in [0, 0.1) is 5.92 Å². The van der Waals surface area contributed by atoms with Gasteiger partial charge in [0.25, 0.3) is 0 Å². The Labute approximate surface area is 94.7 Å². The third kappa shape index (κ3) is 2.61. The molecule has 2 unspecified atom stereocenters. The van der Waals surface area contributed by atoms with Crippen molar-refractivity contribution in [2.45, 2.75) is 19.4 Å². The molecular weight excluding hydrogens is 210 g/mol. The van der Waals surface area contributed by atoms with E-state index in [1.807, 2.05) is 6.92 Å². The summed E-state index contributed by atoms with van der Waals surface area (Å²) >= 11 is 0. The van der Waals surface area contributed by atoms with Gasteiger partial charge in [-0.2, -0.15) is 0 Å². The van der Waals surface area contributed by atoms with Crippen molar-refractivity contribution in [3.8, 4) is 0 Å². The van der Waals surface area contributed by atoms with Crippen LogP contribution in [0.3, 0.4) is 0 Å². The van der Waals surface area contributed by atoms with E-state index in [1.54, 1.807) is 4.90 Å². The Morgan fingerprint density at radius 2 is 2.25 bits per heavy atom. The summed E-state index contributed by atoms with van der Waals surface area (Å²) in [6.45, 7) is 6.30. The van der Waals surface area contributed by atoms with Crippen LogP contribution in [0.15, 0.2) is 12.7 Å². The lowest BCUT2D eigenvalue weighted by Gasteiger charge is -2.29. The molecule has 0 aromatic carbocycles. The molecule has 1 saturated heterocycles. The second-order valence-electron chi connectivity index (χ2n) is 3.72. The predicted octanol–water partition coefficient (Wildman–Crippen LogP) is 0.511. The lowest BCUT2D eigenvalue weighted by atomic mass is 10.0. The van der Waals surface area contributed by atoms with Crippen molar-refractivity contribution in [1.29, 1.82) is 0 Å². The molecule has 1 N–H and O–H groups in total. The van der Waals surface area contributed by atoms with Crippen molar-refractivity contribution >= 4 is 11.9 Å². The van der Waals surface area contributed by atoms with Crippen LogP contribution in [0.5, 0.6) is 0 Å². The molecule has 2 atom stereocenters. The molecule has 0 saturated carbocycles. The van der Waals surface area contributed by atoms with Gasteiger partial charge in [0.1, 0.15) is 5.92 Å². The minimum Gasteiger partial charge on any atom is -0.481 e. The summed E-state index contributed by atoms with van der Waals surface area (Å²) in [7, 11) is 0. The first-order valence-electron chi connectivity index (χ1n) is 5.32. The number of carbonyl (C=O) groups is 2. The van der Waals surface area contributed by atoms with Crippen LogP contribution in [0.2, 0.25) is 0 Å². The van der Waals surface area contributed by atoms with E-state index < -0.39 is 11.9 Å². The maximum atomic E-state index is 11.7. The minimum atomic E-state index is -0.910. The van der Waals surface area contributed by atoms with Gasteiger partial charge in [-0.15, -0.1) is 6.58 Å². The number of hydrogen-bond acceptors (Lipinski definition) is 3. The summed E-state index contributed by atoms with van der Waals surface area (Å²) < 4.78 is 5.14. The van der Waals surface area contributed by atoms with Gasteiger partial charge in [0, 0.05) is 13.0 Å². The minimum absolute atomic E-state index is 0.0979. The van der Waals surface area contributed by atoms with E-state index in [-0.39, 0.29) is 25.0 Å². The molecular formula is C11H17NO4. The summed E-state index contributed by atoms with van der Waals surface area (Å²) in [4.78, 5) is 24.3. The monoisotopic (exact) mass is 227 g/mol. The Balaban J connectivity index is 2.75. The first kappa shape index (κ1) is 12.7. The third-order valence-electron chi connectivity index (χ3n) is 2.75. The Morgan fingerprint density at radius 1 is 1.56 bits per heavy atom. The molecule has 16 heavy (non-hydrogen) atoms. The van der Waals surface area contributed by atoms with Gasteiger partial charge >= 0.3 is 5.97 Å². The standard InChI is InChI=1S/C11H17NO4/c1-3-5-10(13)12(4-2)9-7-16-6-8(9)11(14)15/h3,8-9H,1,4-7H2,2H3,(H,14,15). The summed E-state index contributed by atoms with van der Waals surface area (Å²) in [5.74, 6) is -1.62. The molecule has 1 aliphatic rings. The summed E-state index contributed by atoms with van der Waals surface area (Å²) in [6.07, 6.45) is 1.76. The molecule has 5 heteroatoms. The predicted molar refractivity (Wildman–Crippen MR) is 57.9 cm³/mol. The van der Waals surface area contributed by atoms with Crippen LogP contribution in [-0.4, -0.2) is 47.7 Å². The SMILES string of the molecule is C=CCC(=O)N(CC)C1COCC1C(=O)O. The Kier molecular flexibility index (Phi) is 4.49. The van der Waals surface area contributed by atoms with Crippen LogP contribution in [0.25, 0.3) is 0 Å². The zero-order chi connectivity index (χ0) is 12.1. The normalized spacial score (nSPS) is 24.1. The average Bonchev–Trinajstić information content (AvgIpc) is 2.68. The van der Waals surface area contributed by atoms with Crippen LogP contribution < -0.4 is 0 Å². The molecule has 90 valence electrons. The van der Waals surface area contributed by atoms with Crippen molar-refractivity contribution in [3.05, 3.63) is 12.7 Å². The topological polar surface area (TPSA) is 66.8 Å². The summed E-state index contributed by atoms with van der Waals surface area (Å²) in [5.41, 5.74) is 0. The zero-order valence-corrected chi connectivity index (χ0v) is 9.39. The van der Waals surface area contributed by atoms with Gasteiger partial charge in [0.2, 0.25) is 5.91 Å². The van der Waals surface area contributed by atoms with Crippen LogP contribution in [0.4, 0.5) is 0 Å². The lowest BCUT2D eigenvalue weighted by molar-refractivity contribution is -0.144. The maximum Gasteiger partial charge on any atom is 0.311 e. The molecule has 1 amide bonds. The van der Waals surface area contributed by atoms with Crippen molar-refractivity contribution in [1.82, 2.24) is 4.90 Å². The van der Waals surface area contributed by atoms with E-state index >= 15 is 0 Å². The molecule has 1 rings (SSSR count). The highest BCUT2D eigenvalue weighted by Crippen LogP contribution is 2.20. The molecule has 5 nitrogen and oxygen atoms in total. The van der Waals surface area contributed by atoms with Crippen LogP contribution in [0.1, 0.15) is 13.3 Å². The molecule has 1 aliphatic heterocycles. The van der Waals surface area contributed by atoms with E-state index in [1.165, 1.54) is 6.08 Å². The first-order chi connectivity index (χ1) is 7.61. The molecule has 0 bridgehead atoms. The molecule has 1 heterocycles. The quantitative estimate of drug-likeness (QED) is 0.695. The highest BCUT2D eigenvalue weighted by Gasteiger charge is 2.38. The van der Waals surface area contributed by atoms with E-state index in [4.69, 9.17) is 9.84 Å². The Bertz CT molecular complexity index is 290. The van der Waals surface area contributed by atoms with E-state index in [9.17, 15) is 9.59 Å². The number of likely N-dealkylation sites (N-methyl/N-ethyl adjacent to an activating group) is 1. The summed E-state index contributed by atoms with van der Waals surface area (Å²) in [6, 6.07) is -0.352. The van der Waals surface area contributed by atoms with Gasteiger partial charge in [0.05, 0.1) is 19.3 Å². The van der Waals surface area contributed by atoms with Crippen molar-refractivity contribution in [2.75, 3.05) is 19.8 Å². The fourth-order valence-electron chi connectivity index (χ4n) is 1.92. The highest BCUT2D eigenvalue weighted by atomic mass is 16.5. The van der Waals surface area contributed by atoms with E-state index in [0.29, 0.717) is 13.2 Å². The van der Waals surface area contributed by atoms with Gasteiger partial charge < -0.3 is 14.7 Å². The molecule has 0 aromatic rings. The number of aliphatic carboxylic acids is 1. The first-order valence-corrected chi connectivity index (χ1v) is 5.32. The van der Waals surface area contributed by atoms with Gasteiger partial charge in [-0.25, -0.2) is 0 Å². The third-order valence-corrected chi connectivity index (χ3v) is 2.75. The molecule has 0 aromatic heterocycles. The molecule has 1 fully saturated rings. The molecule has 0 aliphatic carbocycles. The van der Waals surface area contributed by atoms with Gasteiger partial charge in [-0.1, -0.05) is 6.08 Å². The largest absolute Gasteiger partial charge is 0.481 e. The van der Waals surface area contributed by atoms with Gasteiger partial charge in [0.15, 0.2) is 0 Å². The number of carboxylic acid groups (broad SMARTS) is 1. The smallest absolute Gasteiger partial charge is 0.311 e. The number of amides is 1. The van der Waals surface area contributed by atoms with E-state index in [2.05, 4.69) is 6.58 Å². The van der Waals surface area contributed by atoms with Crippen molar-refractivity contribution in [2.24, 2.45) is 5.92 Å². The number of carboxylic acids is 1. The fraction of sp³-hybridized carbons (Fsp3) is 0.636. The molecule has 0 radical (unpaired) electrons. The number of nitrogens with zero attached hydrogens (tertiary/aromatic N) is 1.